The zero-order chi connectivity index (χ0) is 18.4. The zero-order valence-electron chi connectivity index (χ0n) is 14.4. The second-order valence-corrected chi connectivity index (χ2v) is 7.14. The summed E-state index contributed by atoms with van der Waals surface area (Å²) in [6, 6.07) is 5.78. The molecule has 2 N–H and O–H groups in total. The largest absolute Gasteiger partial charge is 0.481 e. The van der Waals surface area contributed by atoms with E-state index in [0.717, 1.165) is 24.0 Å². The molecule has 1 aliphatic carbocycles. The van der Waals surface area contributed by atoms with E-state index in [1.807, 2.05) is 18.2 Å². The van der Waals surface area contributed by atoms with Crippen molar-refractivity contribution in [3.63, 3.8) is 0 Å². The van der Waals surface area contributed by atoms with Gasteiger partial charge in [0.2, 0.25) is 0 Å². The number of hydrogen-bond acceptors (Lipinski definition) is 3. The lowest BCUT2D eigenvalue weighted by Gasteiger charge is -2.24. The molecule has 1 aromatic carbocycles. The van der Waals surface area contributed by atoms with Gasteiger partial charge in [0.05, 0.1) is 6.61 Å². The minimum Gasteiger partial charge on any atom is -0.481 e. The van der Waals surface area contributed by atoms with Crippen molar-refractivity contribution in [3.8, 4) is 0 Å². The number of aliphatic carboxylic acids is 2. The quantitative estimate of drug-likeness (QED) is 0.668. The van der Waals surface area contributed by atoms with E-state index in [0.29, 0.717) is 10.9 Å². The monoisotopic (exact) mass is 368 g/mol. The van der Waals surface area contributed by atoms with Crippen LogP contribution in [0.2, 0.25) is 5.02 Å². The first-order valence-electron chi connectivity index (χ1n) is 8.68. The average Bonchev–Trinajstić information content (AvgIpc) is 2.58. The van der Waals surface area contributed by atoms with Gasteiger partial charge in [-0.2, -0.15) is 0 Å². The Morgan fingerprint density at radius 3 is 2.36 bits per heavy atom. The minimum absolute atomic E-state index is 0.0301. The predicted molar refractivity (Wildman–Crippen MR) is 95.3 cm³/mol. The Kier molecular flexibility index (Phi) is 7.26. The summed E-state index contributed by atoms with van der Waals surface area (Å²) in [6.07, 6.45) is 5.95. The first-order valence-corrected chi connectivity index (χ1v) is 9.05. The van der Waals surface area contributed by atoms with Gasteiger partial charge in [-0.05, 0) is 42.4 Å². The lowest BCUT2D eigenvalue weighted by atomic mass is 9.82. The number of hydrogen-bond donors (Lipinski definition) is 2. The lowest BCUT2D eigenvalue weighted by molar-refractivity contribution is -0.155. The van der Waals surface area contributed by atoms with Crippen LogP contribution in [0, 0.1) is 5.92 Å². The molecule has 5 nitrogen and oxygen atoms in total. The number of halogens is 1. The fourth-order valence-corrected chi connectivity index (χ4v) is 3.98. The fourth-order valence-electron chi connectivity index (χ4n) is 3.64. The summed E-state index contributed by atoms with van der Waals surface area (Å²) in [7, 11) is 1.52. The molecule has 0 saturated heterocycles. The van der Waals surface area contributed by atoms with Crippen molar-refractivity contribution in [2.75, 3.05) is 13.7 Å². The van der Waals surface area contributed by atoms with Crippen LogP contribution >= 0.6 is 11.6 Å². The van der Waals surface area contributed by atoms with Gasteiger partial charge in [0.15, 0.2) is 5.92 Å². The molecule has 1 aromatic rings. The first-order chi connectivity index (χ1) is 11.9. The van der Waals surface area contributed by atoms with E-state index in [1.165, 1.54) is 26.4 Å². The molecule has 0 amide bonds. The fraction of sp³-hybridized carbons (Fsp3) is 0.579. The van der Waals surface area contributed by atoms with E-state index < -0.39 is 17.9 Å². The molecule has 0 bridgehead atoms. The smallest absolute Gasteiger partial charge is 0.317 e. The van der Waals surface area contributed by atoms with Gasteiger partial charge >= 0.3 is 11.9 Å². The number of carboxylic acid groups (broad SMARTS) is 2. The van der Waals surface area contributed by atoms with Gasteiger partial charge in [-0.1, -0.05) is 43.0 Å². The molecule has 0 aromatic heterocycles. The summed E-state index contributed by atoms with van der Waals surface area (Å²) in [5.74, 6) is -3.99. The van der Waals surface area contributed by atoms with Crippen molar-refractivity contribution in [2.45, 2.75) is 50.4 Å². The van der Waals surface area contributed by atoms with Crippen LogP contribution in [0.5, 0.6) is 0 Å². The van der Waals surface area contributed by atoms with Crippen molar-refractivity contribution in [1.82, 2.24) is 0 Å². The molecule has 1 saturated carbocycles. The van der Waals surface area contributed by atoms with Crippen molar-refractivity contribution in [1.29, 1.82) is 0 Å². The van der Waals surface area contributed by atoms with Gasteiger partial charge in [0.1, 0.15) is 0 Å². The molecular weight excluding hydrogens is 344 g/mol. The Morgan fingerprint density at radius 2 is 1.84 bits per heavy atom. The number of carbonyl (C=O) groups is 2. The molecule has 0 aliphatic heterocycles. The van der Waals surface area contributed by atoms with Gasteiger partial charge in [0, 0.05) is 18.1 Å². The maximum atomic E-state index is 11.2. The van der Waals surface area contributed by atoms with Gasteiger partial charge in [-0.15, -0.1) is 0 Å². The molecule has 2 rings (SSSR count). The van der Waals surface area contributed by atoms with Gasteiger partial charge in [-0.25, -0.2) is 0 Å². The molecule has 0 radical (unpaired) electrons. The van der Waals surface area contributed by atoms with Crippen molar-refractivity contribution >= 4 is 23.5 Å². The van der Waals surface area contributed by atoms with Gasteiger partial charge < -0.3 is 14.9 Å². The summed E-state index contributed by atoms with van der Waals surface area (Å²) in [5, 5.41) is 18.9. The Balaban J connectivity index is 2.21. The Morgan fingerprint density at radius 1 is 1.20 bits per heavy atom. The third-order valence-corrected chi connectivity index (χ3v) is 5.35. The SMILES string of the molecule is COCC(CC(C(=O)O)C(=O)O)c1ccc(C2CCCCC2)c(Cl)c1. The third-order valence-electron chi connectivity index (χ3n) is 5.03. The Bertz CT molecular complexity index is 596. The summed E-state index contributed by atoms with van der Waals surface area (Å²) in [6.45, 7) is 0.246. The molecule has 0 heterocycles. The molecular formula is C19H25ClO5. The standard InChI is InChI=1S/C19H25ClO5/c1-25-11-14(9-16(18(21)22)19(23)24)13-7-8-15(17(20)10-13)12-5-3-2-4-6-12/h7-8,10,12,14,16H,2-6,9,11H2,1H3,(H,21,22)(H,23,24). The van der Waals surface area contributed by atoms with Crippen LogP contribution in [-0.2, 0) is 14.3 Å². The molecule has 138 valence electrons. The van der Waals surface area contributed by atoms with Crippen molar-refractivity contribution in [3.05, 3.63) is 34.3 Å². The van der Waals surface area contributed by atoms with Crippen LogP contribution in [0.1, 0.15) is 61.5 Å². The lowest BCUT2D eigenvalue weighted by Crippen LogP contribution is -2.26. The summed E-state index contributed by atoms with van der Waals surface area (Å²) >= 11 is 6.50. The summed E-state index contributed by atoms with van der Waals surface area (Å²) in [5.41, 5.74) is 1.95. The molecule has 25 heavy (non-hydrogen) atoms. The Hall–Kier alpha value is -1.59. The highest BCUT2D eigenvalue weighted by Crippen LogP contribution is 2.38. The Labute approximate surface area is 152 Å². The van der Waals surface area contributed by atoms with Crippen LogP contribution in [0.3, 0.4) is 0 Å². The number of carboxylic acids is 2. The molecule has 6 heteroatoms. The van der Waals surface area contributed by atoms with Crippen LogP contribution in [0.25, 0.3) is 0 Å². The molecule has 1 atom stereocenters. The van der Waals surface area contributed by atoms with E-state index in [-0.39, 0.29) is 18.9 Å². The predicted octanol–water partition coefficient (Wildman–Crippen LogP) is 4.29. The average molecular weight is 369 g/mol. The normalized spacial score (nSPS) is 16.8. The van der Waals surface area contributed by atoms with Crippen molar-refractivity contribution in [2.24, 2.45) is 5.92 Å². The van der Waals surface area contributed by atoms with Gasteiger partial charge in [0.25, 0.3) is 0 Å². The number of rotatable bonds is 8. The van der Waals surface area contributed by atoms with Crippen molar-refractivity contribution < 1.29 is 24.5 Å². The second-order valence-electron chi connectivity index (χ2n) is 6.73. The zero-order valence-corrected chi connectivity index (χ0v) is 15.2. The van der Waals surface area contributed by atoms with E-state index in [1.54, 1.807) is 0 Å². The van der Waals surface area contributed by atoms with Crippen LogP contribution in [0.4, 0.5) is 0 Å². The second kappa shape index (κ2) is 9.20. The van der Waals surface area contributed by atoms with Gasteiger partial charge in [-0.3, -0.25) is 9.59 Å². The van der Waals surface area contributed by atoms with Crippen LogP contribution in [-0.4, -0.2) is 35.9 Å². The summed E-state index contributed by atoms with van der Waals surface area (Å²) < 4.78 is 5.18. The number of benzene rings is 1. The molecule has 1 aliphatic rings. The highest BCUT2D eigenvalue weighted by molar-refractivity contribution is 6.31. The maximum Gasteiger partial charge on any atom is 0.317 e. The minimum atomic E-state index is -1.46. The highest BCUT2D eigenvalue weighted by Gasteiger charge is 2.30. The van der Waals surface area contributed by atoms with E-state index in [9.17, 15) is 9.59 Å². The maximum absolute atomic E-state index is 11.2. The first kappa shape index (κ1) is 19.7. The number of ether oxygens (including phenoxy) is 1. The molecule has 1 unspecified atom stereocenters. The van der Waals surface area contributed by atoms with E-state index in [4.69, 9.17) is 26.6 Å². The van der Waals surface area contributed by atoms with Crippen LogP contribution < -0.4 is 0 Å². The number of methoxy groups -OCH3 is 1. The third kappa shape index (κ3) is 5.19. The molecule has 0 spiro atoms. The molecule has 1 fully saturated rings. The van der Waals surface area contributed by atoms with Crippen LogP contribution in [0.15, 0.2) is 18.2 Å². The van der Waals surface area contributed by atoms with E-state index in [2.05, 4.69) is 0 Å². The topological polar surface area (TPSA) is 83.8 Å². The van der Waals surface area contributed by atoms with E-state index >= 15 is 0 Å². The summed E-state index contributed by atoms with van der Waals surface area (Å²) in [4.78, 5) is 22.4. The highest BCUT2D eigenvalue weighted by atomic mass is 35.5.